The minimum Gasteiger partial charge on any atom is -0.461 e. The quantitative estimate of drug-likeness (QED) is 0.755. The number of carbonyl (C=O) groups excluding carboxylic acids is 1. The first-order valence-corrected chi connectivity index (χ1v) is 5.31. The molecule has 0 atom stereocenters. The van der Waals surface area contributed by atoms with Gasteiger partial charge in [0.1, 0.15) is 5.65 Å². The fraction of sp³-hybridized carbons (Fsp3) is 0.273. The molecule has 0 N–H and O–H groups in total. The highest BCUT2D eigenvalue weighted by atomic mass is 35.5. The van der Waals surface area contributed by atoms with E-state index in [1.54, 1.807) is 29.8 Å². The van der Waals surface area contributed by atoms with Gasteiger partial charge in [-0.1, -0.05) is 11.6 Å². The van der Waals surface area contributed by atoms with Gasteiger partial charge >= 0.3 is 5.97 Å². The number of carbonyl (C=O) groups is 1. The summed E-state index contributed by atoms with van der Waals surface area (Å²) in [6.45, 7) is 3.99. The average molecular weight is 239 g/mol. The van der Waals surface area contributed by atoms with E-state index >= 15 is 0 Å². The molecule has 0 spiro atoms. The molecule has 16 heavy (non-hydrogen) atoms. The summed E-state index contributed by atoms with van der Waals surface area (Å²) < 4.78 is 6.61. The maximum atomic E-state index is 11.5. The lowest BCUT2D eigenvalue weighted by molar-refractivity contribution is 0.0520. The number of aryl methyl sites for hydroxylation is 1. The minimum absolute atomic E-state index is 0.298. The highest BCUT2D eigenvalue weighted by Gasteiger charge is 2.12. The van der Waals surface area contributed by atoms with Gasteiger partial charge in [0.15, 0.2) is 5.69 Å². The highest BCUT2D eigenvalue weighted by Crippen LogP contribution is 2.16. The van der Waals surface area contributed by atoms with Crippen molar-refractivity contribution in [1.82, 2.24) is 9.38 Å². The number of imidazole rings is 1. The summed E-state index contributed by atoms with van der Waals surface area (Å²) in [6, 6.07) is 1.80. The van der Waals surface area contributed by atoms with Gasteiger partial charge in [-0.15, -0.1) is 0 Å². The van der Waals surface area contributed by atoms with E-state index in [1.807, 2.05) is 6.92 Å². The Morgan fingerprint density at radius 2 is 2.31 bits per heavy atom. The molecule has 2 aromatic rings. The van der Waals surface area contributed by atoms with E-state index < -0.39 is 5.97 Å². The lowest BCUT2D eigenvalue weighted by Gasteiger charge is -1.97. The van der Waals surface area contributed by atoms with Gasteiger partial charge in [0, 0.05) is 12.4 Å². The molecule has 84 valence electrons. The second-order valence-corrected chi connectivity index (χ2v) is 3.86. The minimum atomic E-state index is -0.415. The van der Waals surface area contributed by atoms with Crippen molar-refractivity contribution in [2.24, 2.45) is 0 Å². The number of ether oxygens (including phenoxy) is 1. The Balaban J connectivity index is 2.51. The molecule has 0 saturated carbocycles. The van der Waals surface area contributed by atoms with Gasteiger partial charge in [-0.3, -0.25) is 0 Å². The summed E-state index contributed by atoms with van der Waals surface area (Å²) in [5.41, 5.74) is 1.93. The first-order valence-electron chi connectivity index (χ1n) is 4.93. The van der Waals surface area contributed by atoms with E-state index in [-0.39, 0.29) is 0 Å². The molecule has 4 nitrogen and oxygen atoms in total. The summed E-state index contributed by atoms with van der Waals surface area (Å²) in [6.07, 6.45) is 3.33. The van der Waals surface area contributed by atoms with Gasteiger partial charge in [0.05, 0.1) is 11.6 Å². The summed E-state index contributed by atoms with van der Waals surface area (Å²) in [4.78, 5) is 15.7. The van der Waals surface area contributed by atoms with Crippen LogP contribution >= 0.6 is 11.6 Å². The molecule has 2 aromatic heterocycles. The Hall–Kier alpha value is -1.55. The molecule has 0 aliphatic rings. The van der Waals surface area contributed by atoms with Crippen LogP contribution in [-0.2, 0) is 4.74 Å². The number of hydrogen-bond donors (Lipinski definition) is 0. The van der Waals surface area contributed by atoms with Gasteiger partial charge in [0.25, 0.3) is 0 Å². The van der Waals surface area contributed by atoms with Crippen molar-refractivity contribution in [1.29, 1.82) is 0 Å². The fourth-order valence-corrected chi connectivity index (χ4v) is 1.80. The topological polar surface area (TPSA) is 43.6 Å². The van der Waals surface area contributed by atoms with Crippen LogP contribution in [0, 0.1) is 6.92 Å². The summed E-state index contributed by atoms with van der Waals surface area (Å²) in [5.74, 6) is -0.415. The molecule has 0 aliphatic heterocycles. The van der Waals surface area contributed by atoms with Crippen LogP contribution in [0.4, 0.5) is 0 Å². The molecule has 2 heterocycles. The number of pyridine rings is 1. The van der Waals surface area contributed by atoms with Gasteiger partial charge in [-0.05, 0) is 25.5 Å². The largest absolute Gasteiger partial charge is 0.461 e. The molecule has 0 amide bonds. The van der Waals surface area contributed by atoms with Crippen LogP contribution in [0.25, 0.3) is 5.65 Å². The van der Waals surface area contributed by atoms with Crippen molar-refractivity contribution in [2.45, 2.75) is 13.8 Å². The zero-order chi connectivity index (χ0) is 11.7. The number of hydrogen-bond acceptors (Lipinski definition) is 3. The zero-order valence-electron chi connectivity index (χ0n) is 9.03. The van der Waals surface area contributed by atoms with E-state index in [0.29, 0.717) is 23.0 Å². The number of halogens is 1. The lowest BCUT2D eigenvalue weighted by Crippen LogP contribution is -2.04. The van der Waals surface area contributed by atoms with Gasteiger partial charge in [-0.2, -0.15) is 0 Å². The van der Waals surface area contributed by atoms with E-state index in [4.69, 9.17) is 16.3 Å². The van der Waals surface area contributed by atoms with Crippen molar-refractivity contribution < 1.29 is 9.53 Å². The monoisotopic (exact) mass is 238 g/mol. The first kappa shape index (κ1) is 11.0. The molecular weight excluding hydrogens is 228 g/mol. The molecule has 0 fully saturated rings. The Morgan fingerprint density at radius 3 is 3.00 bits per heavy atom. The van der Waals surface area contributed by atoms with Gasteiger partial charge < -0.3 is 9.14 Å². The second-order valence-electron chi connectivity index (χ2n) is 3.42. The first-order chi connectivity index (χ1) is 7.61. The number of rotatable bonds is 2. The summed E-state index contributed by atoms with van der Waals surface area (Å²) in [5, 5.41) is 0.609. The van der Waals surface area contributed by atoms with Crippen LogP contribution in [0.5, 0.6) is 0 Å². The fourth-order valence-electron chi connectivity index (χ4n) is 1.53. The molecule has 0 saturated heterocycles. The third kappa shape index (κ3) is 1.88. The van der Waals surface area contributed by atoms with Crippen LogP contribution in [0.3, 0.4) is 0 Å². The molecule has 0 aromatic carbocycles. The van der Waals surface area contributed by atoms with E-state index in [9.17, 15) is 4.79 Å². The van der Waals surface area contributed by atoms with Crippen molar-refractivity contribution in [3.8, 4) is 0 Å². The van der Waals surface area contributed by atoms with Crippen molar-refractivity contribution in [2.75, 3.05) is 6.61 Å². The number of esters is 1. The lowest BCUT2D eigenvalue weighted by atomic mass is 10.3. The van der Waals surface area contributed by atoms with Crippen LogP contribution in [0.15, 0.2) is 18.5 Å². The molecular formula is C11H11ClN2O2. The Labute approximate surface area is 97.8 Å². The summed E-state index contributed by atoms with van der Waals surface area (Å²) in [7, 11) is 0. The molecule has 2 rings (SSSR count). The van der Waals surface area contributed by atoms with Crippen molar-refractivity contribution in [3.63, 3.8) is 0 Å². The normalized spacial score (nSPS) is 10.7. The average Bonchev–Trinajstić information content (AvgIpc) is 2.62. The van der Waals surface area contributed by atoms with Crippen LogP contribution < -0.4 is 0 Å². The maximum Gasteiger partial charge on any atom is 0.358 e. The molecule has 0 radical (unpaired) electrons. The summed E-state index contributed by atoms with van der Waals surface area (Å²) >= 11 is 5.91. The predicted molar refractivity (Wildman–Crippen MR) is 60.9 cm³/mol. The van der Waals surface area contributed by atoms with Crippen molar-refractivity contribution >= 4 is 23.2 Å². The Bertz CT molecular complexity index is 548. The predicted octanol–water partition coefficient (Wildman–Crippen LogP) is 2.47. The molecule has 0 aliphatic carbocycles. The van der Waals surface area contributed by atoms with Gasteiger partial charge in [0.2, 0.25) is 0 Å². The third-order valence-corrected chi connectivity index (χ3v) is 2.39. The smallest absolute Gasteiger partial charge is 0.358 e. The molecule has 0 bridgehead atoms. The van der Waals surface area contributed by atoms with E-state index in [2.05, 4.69) is 4.98 Å². The zero-order valence-corrected chi connectivity index (χ0v) is 9.78. The molecule has 0 unspecified atom stereocenters. The Morgan fingerprint density at radius 1 is 1.56 bits per heavy atom. The molecule has 5 heteroatoms. The standard InChI is InChI=1S/C11H11ClN2O2/c1-3-16-11(15)9-6-14-5-8(12)4-7(2)10(14)13-9/h4-6H,3H2,1-2H3. The van der Waals surface area contributed by atoms with Gasteiger partial charge in [-0.25, -0.2) is 9.78 Å². The maximum absolute atomic E-state index is 11.5. The van der Waals surface area contributed by atoms with Crippen LogP contribution in [0.2, 0.25) is 5.02 Å². The van der Waals surface area contributed by atoms with Crippen LogP contribution in [-0.4, -0.2) is 22.0 Å². The number of aromatic nitrogens is 2. The highest BCUT2D eigenvalue weighted by molar-refractivity contribution is 6.30. The van der Waals surface area contributed by atoms with E-state index in [1.165, 1.54) is 0 Å². The third-order valence-electron chi connectivity index (χ3n) is 2.19. The number of fused-ring (bicyclic) bond motifs is 1. The SMILES string of the molecule is CCOC(=O)c1cn2cc(Cl)cc(C)c2n1. The Kier molecular flexibility index (Phi) is 2.83. The second kappa shape index (κ2) is 4.14. The van der Waals surface area contributed by atoms with Crippen molar-refractivity contribution in [3.05, 3.63) is 34.7 Å². The van der Waals surface area contributed by atoms with E-state index in [0.717, 1.165) is 5.56 Å². The number of nitrogens with zero attached hydrogens (tertiary/aromatic N) is 2. The van der Waals surface area contributed by atoms with Crippen LogP contribution in [0.1, 0.15) is 23.0 Å².